The van der Waals surface area contributed by atoms with Crippen LogP contribution in [0.2, 0.25) is 0 Å². The topological polar surface area (TPSA) is 66.5 Å². The zero-order chi connectivity index (χ0) is 18.7. The molecule has 3 rings (SSSR count). The normalized spacial score (nSPS) is 15.2. The Labute approximate surface area is 155 Å². The van der Waals surface area contributed by atoms with Crippen LogP contribution in [0.25, 0.3) is 0 Å². The Kier molecular flexibility index (Phi) is 5.44. The van der Waals surface area contributed by atoms with Crippen molar-refractivity contribution < 1.29 is 13.2 Å². The molecule has 2 aromatic rings. The molecule has 1 aliphatic heterocycles. The Morgan fingerprint density at radius 2 is 1.69 bits per heavy atom. The molecule has 0 saturated carbocycles. The number of carbonyl (C=O) groups excluding carboxylic acids is 1. The van der Waals surface area contributed by atoms with E-state index in [0.717, 1.165) is 29.5 Å². The number of hydrogen-bond donors (Lipinski definition) is 1. The Balaban J connectivity index is 1.67. The van der Waals surface area contributed by atoms with Gasteiger partial charge in [0.15, 0.2) is 0 Å². The summed E-state index contributed by atoms with van der Waals surface area (Å²) < 4.78 is 26.5. The lowest BCUT2D eigenvalue weighted by atomic mass is 10.0. The lowest BCUT2D eigenvalue weighted by Gasteiger charge is -2.15. The van der Waals surface area contributed by atoms with E-state index >= 15 is 0 Å². The number of anilines is 1. The fraction of sp³-hybridized carbons (Fsp3) is 0.350. The third-order valence-electron chi connectivity index (χ3n) is 4.70. The van der Waals surface area contributed by atoms with Gasteiger partial charge < -0.3 is 5.32 Å². The number of rotatable bonds is 5. The van der Waals surface area contributed by atoms with Gasteiger partial charge in [-0.25, -0.2) is 8.42 Å². The van der Waals surface area contributed by atoms with Crippen LogP contribution in [0.5, 0.6) is 0 Å². The summed E-state index contributed by atoms with van der Waals surface area (Å²) in [6, 6.07) is 12.4. The maximum atomic E-state index is 12.5. The Morgan fingerprint density at radius 1 is 1.04 bits per heavy atom. The molecule has 1 amide bonds. The van der Waals surface area contributed by atoms with Crippen molar-refractivity contribution in [1.82, 2.24) is 4.31 Å². The standard InChI is InChI=1S/C20H24N2O3S/c1-15-5-6-16(2)17(13-15)14-20(23)21-18-7-9-19(10-8-18)26(24,25)22-11-3-4-12-22/h5-10,13H,3-4,11-12,14H2,1-2H3,(H,21,23). The van der Waals surface area contributed by atoms with E-state index in [2.05, 4.69) is 5.32 Å². The molecule has 1 fully saturated rings. The molecular formula is C20H24N2O3S. The Bertz CT molecular complexity index is 899. The molecule has 1 N–H and O–H groups in total. The Hall–Kier alpha value is -2.18. The first-order chi connectivity index (χ1) is 12.4. The number of amides is 1. The summed E-state index contributed by atoms with van der Waals surface area (Å²) in [5.74, 6) is -0.117. The number of carbonyl (C=O) groups is 1. The van der Waals surface area contributed by atoms with Crippen molar-refractivity contribution in [2.75, 3.05) is 18.4 Å². The minimum atomic E-state index is -3.42. The van der Waals surface area contributed by atoms with Crippen LogP contribution in [-0.4, -0.2) is 31.7 Å². The van der Waals surface area contributed by atoms with Gasteiger partial charge in [-0.2, -0.15) is 4.31 Å². The van der Waals surface area contributed by atoms with Crippen molar-refractivity contribution in [2.24, 2.45) is 0 Å². The fourth-order valence-corrected chi connectivity index (χ4v) is 4.67. The molecule has 0 aromatic heterocycles. The molecule has 6 heteroatoms. The van der Waals surface area contributed by atoms with Crippen LogP contribution in [0.1, 0.15) is 29.5 Å². The van der Waals surface area contributed by atoms with Gasteiger partial charge in [0.1, 0.15) is 0 Å². The van der Waals surface area contributed by atoms with Gasteiger partial charge in [-0.15, -0.1) is 0 Å². The molecule has 26 heavy (non-hydrogen) atoms. The molecule has 0 unspecified atom stereocenters. The van der Waals surface area contributed by atoms with Crippen LogP contribution in [0.3, 0.4) is 0 Å². The first kappa shape index (κ1) is 18.6. The number of hydrogen-bond acceptors (Lipinski definition) is 3. The minimum Gasteiger partial charge on any atom is -0.326 e. The van der Waals surface area contributed by atoms with E-state index < -0.39 is 10.0 Å². The zero-order valence-corrected chi connectivity index (χ0v) is 16.0. The maximum absolute atomic E-state index is 12.5. The number of benzene rings is 2. The summed E-state index contributed by atoms with van der Waals surface area (Å²) in [7, 11) is -3.42. The second-order valence-electron chi connectivity index (χ2n) is 6.79. The summed E-state index contributed by atoms with van der Waals surface area (Å²) in [5, 5.41) is 2.84. The number of sulfonamides is 1. The molecule has 2 aromatic carbocycles. The average Bonchev–Trinajstić information content (AvgIpc) is 3.14. The smallest absolute Gasteiger partial charge is 0.243 e. The number of nitrogens with one attached hydrogen (secondary N) is 1. The lowest BCUT2D eigenvalue weighted by molar-refractivity contribution is -0.115. The van der Waals surface area contributed by atoms with Gasteiger partial charge in [0.25, 0.3) is 0 Å². The second-order valence-corrected chi connectivity index (χ2v) is 8.73. The molecule has 0 radical (unpaired) electrons. The first-order valence-electron chi connectivity index (χ1n) is 8.82. The van der Waals surface area contributed by atoms with Crippen LogP contribution in [-0.2, 0) is 21.2 Å². The molecule has 138 valence electrons. The maximum Gasteiger partial charge on any atom is 0.243 e. The van der Waals surface area contributed by atoms with Crippen molar-refractivity contribution in [3.8, 4) is 0 Å². The van der Waals surface area contributed by atoms with E-state index in [0.29, 0.717) is 25.2 Å². The lowest BCUT2D eigenvalue weighted by Crippen LogP contribution is -2.27. The highest BCUT2D eigenvalue weighted by atomic mass is 32.2. The minimum absolute atomic E-state index is 0.117. The highest BCUT2D eigenvalue weighted by Crippen LogP contribution is 2.22. The van der Waals surface area contributed by atoms with Crippen LogP contribution in [0.4, 0.5) is 5.69 Å². The van der Waals surface area contributed by atoms with Gasteiger partial charge in [0.2, 0.25) is 15.9 Å². The van der Waals surface area contributed by atoms with E-state index in [-0.39, 0.29) is 10.8 Å². The zero-order valence-electron chi connectivity index (χ0n) is 15.2. The quantitative estimate of drug-likeness (QED) is 0.876. The molecule has 5 nitrogen and oxygen atoms in total. The third kappa shape index (κ3) is 4.14. The summed E-state index contributed by atoms with van der Waals surface area (Å²) in [5.41, 5.74) is 3.80. The highest BCUT2D eigenvalue weighted by Gasteiger charge is 2.26. The van der Waals surface area contributed by atoms with E-state index in [9.17, 15) is 13.2 Å². The first-order valence-corrected chi connectivity index (χ1v) is 10.3. The summed E-state index contributed by atoms with van der Waals surface area (Å²) in [6.45, 7) is 5.15. The van der Waals surface area contributed by atoms with Crippen molar-refractivity contribution in [3.63, 3.8) is 0 Å². The van der Waals surface area contributed by atoms with Crippen LogP contribution in [0, 0.1) is 13.8 Å². The van der Waals surface area contributed by atoms with Crippen molar-refractivity contribution >= 4 is 21.6 Å². The summed E-state index contributed by atoms with van der Waals surface area (Å²) in [4.78, 5) is 12.6. The molecule has 1 saturated heterocycles. The monoisotopic (exact) mass is 372 g/mol. The van der Waals surface area contributed by atoms with Crippen LogP contribution >= 0.6 is 0 Å². The van der Waals surface area contributed by atoms with Crippen molar-refractivity contribution in [2.45, 2.75) is 38.0 Å². The van der Waals surface area contributed by atoms with Gasteiger partial charge in [0, 0.05) is 18.8 Å². The molecule has 1 aliphatic rings. The predicted molar refractivity (Wildman–Crippen MR) is 103 cm³/mol. The van der Waals surface area contributed by atoms with E-state index in [1.54, 1.807) is 24.3 Å². The molecule has 1 heterocycles. The molecule has 0 bridgehead atoms. The van der Waals surface area contributed by atoms with Gasteiger partial charge >= 0.3 is 0 Å². The fourth-order valence-electron chi connectivity index (χ4n) is 3.16. The van der Waals surface area contributed by atoms with Gasteiger partial charge in [-0.3, -0.25) is 4.79 Å². The number of nitrogens with zero attached hydrogens (tertiary/aromatic N) is 1. The van der Waals surface area contributed by atoms with E-state index in [4.69, 9.17) is 0 Å². The second kappa shape index (κ2) is 7.60. The van der Waals surface area contributed by atoms with Crippen molar-refractivity contribution in [1.29, 1.82) is 0 Å². The molecule has 0 aliphatic carbocycles. The summed E-state index contributed by atoms with van der Waals surface area (Å²) in [6.07, 6.45) is 2.11. The Morgan fingerprint density at radius 3 is 2.35 bits per heavy atom. The highest BCUT2D eigenvalue weighted by molar-refractivity contribution is 7.89. The SMILES string of the molecule is Cc1ccc(C)c(CC(=O)Nc2ccc(S(=O)(=O)N3CCCC3)cc2)c1. The molecule has 0 spiro atoms. The van der Waals surface area contributed by atoms with Gasteiger partial charge in [-0.1, -0.05) is 23.8 Å². The largest absolute Gasteiger partial charge is 0.326 e. The third-order valence-corrected chi connectivity index (χ3v) is 6.61. The van der Waals surface area contributed by atoms with Crippen LogP contribution in [0.15, 0.2) is 47.4 Å². The average molecular weight is 372 g/mol. The van der Waals surface area contributed by atoms with Gasteiger partial charge in [0.05, 0.1) is 11.3 Å². The molecule has 0 atom stereocenters. The number of aryl methyl sites for hydroxylation is 2. The van der Waals surface area contributed by atoms with Gasteiger partial charge in [-0.05, 0) is 62.1 Å². The van der Waals surface area contributed by atoms with Crippen LogP contribution < -0.4 is 5.32 Å². The van der Waals surface area contributed by atoms with E-state index in [1.807, 2.05) is 32.0 Å². The predicted octanol–water partition coefficient (Wildman–Crippen LogP) is 3.27. The molecular weight excluding hydrogens is 348 g/mol. The summed E-state index contributed by atoms with van der Waals surface area (Å²) >= 11 is 0. The van der Waals surface area contributed by atoms with Crippen molar-refractivity contribution in [3.05, 3.63) is 59.2 Å². The van der Waals surface area contributed by atoms with E-state index in [1.165, 1.54) is 4.31 Å².